The lowest BCUT2D eigenvalue weighted by molar-refractivity contribution is -0.121. The number of hydrogen-bond acceptors (Lipinski definition) is 1. The first-order valence-electron chi connectivity index (χ1n) is 3.73. The molecule has 0 aromatic heterocycles. The molecule has 1 aliphatic rings. The van der Waals surface area contributed by atoms with Crippen LogP contribution in [-0.2, 0) is 4.79 Å². The van der Waals surface area contributed by atoms with Gasteiger partial charge in [-0.2, -0.15) is 0 Å². The summed E-state index contributed by atoms with van der Waals surface area (Å²) in [4.78, 5) is 10.9. The molecule has 0 fully saturated rings. The number of hydrogen-bond donors (Lipinski definition) is 1. The zero-order valence-corrected chi connectivity index (χ0v) is 6.26. The first kappa shape index (κ1) is 7.32. The Hall–Kier alpha value is -0.790. The number of amides is 1. The zero-order valence-electron chi connectivity index (χ0n) is 6.26. The Morgan fingerprint density at radius 3 is 3.20 bits per heavy atom. The molecule has 0 aromatic carbocycles. The molecule has 0 spiro atoms. The second kappa shape index (κ2) is 3.40. The maximum absolute atomic E-state index is 10.9. The molecule has 2 nitrogen and oxygen atoms in total. The third-order valence-corrected chi connectivity index (χ3v) is 1.60. The first-order valence-corrected chi connectivity index (χ1v) is 3.73. The topological polar surface area (TPSA) is 29.1 Å². The predicted molar refractivity (Wildman–Crippen MR) is 40.6 cm³/mol. The van der Waals surface area contributed by atoms with Crippen molar-refractivity contribution in [2.45, 2.75) is 32.2 Å². The molecule has 0 unspecified atom stereocenters. The van der Waals surface area contributed by atoms with Crippen molar-refractivity contribution in [2.24, 2.45) is 0 Å². The Labute approximate surface area is 61.3 Å². The fourth-order valence-corrected chi connectivity index (χ4v) is 1.04. The molecular weight excluding hydrogens is 126 g/mol. The van der Waals surface area contributed by atoms with Crippen LogP contribution in [0.2, 0.25) is 0 Å². The van der Waals surface area contributed by atoms with Crippen LogP contribution in [0.5, 0.6) is 0 Å². The first-order chi connectivity index (χ1) is 4.79. The summed E-state index contributed by atoms with van der Waals surface area (Å²) in [6.45, 7) is 2.02. The van der Waals surface area contributed by atoms with Crippen LogP contribution in [0.25, 0.3) is 0 Å². The van der Waals surface area contributed by atoms with Gasteiger partial charge in [0.2, 0.25) is 5.91 Å². The van der Waals surface area contributed by atoms with Gasteiger partial charge in [0.15, 0.2) is 0 Å². The summed E-state index contributed by atoms with van der Waals surface area (Å²) >= 11 is 0. The third-order valence-electron chi connectivity index (χ3n) is 1.60. The molecule has 0 aliphatic carbocycles. The Morgan fingerprint density at radius 1 is 1.60 bits per heavy atom. The van der Waals surface area contributed by atoms with E-state index in [1.165, 1.54) is 0 Å². The monoisotopic (exact) mass is 139 g/mol. The molecule has 2 heteroatoms. The van der Waals surface area contributed by atoms with Crippen molar-refractivity contribution >= 4 is 5.91 Å². The van der Waals surface area contributed by atoms with Gasteiger partial charge in [-0.25, -0.2) is 0 Å². The molecule has 0 saturated carbocycles. The van der Waals surface area contributed by atoms with E-state index < -0.39 is 0 Å². The van der Waals surface area contributed by atoms with E-state index in [1.807, 2.05) is 6.92 Å². The molecule has 10 heavy (non-hydrogen) atoms. The van der Waals surface area contributed by atoms with Crippen LogP contribution in [0.1, 0.15) is 26.2 Å². The van der Waals surface area contributed by atoms with Gasteiger partial charge in [0, 0.05) is 12.5 Å². The van der Waals surface area contributed by atoms with E-state index in [4.69, 9.17) is 0 Å². The van der Waals surface area contributed by atoms with Gasteiger partial charge < -0.3 is 5.32 Å². The largest absolute Gasteiger partial charge is 0.353 e. The Balaban J connectivity index is 2.46. The summed E-state index contributed by atoms with van der Waals surface area (Å²) < 4.78 is 0. The fraction of sp³-hybridized carbons (Fsp3) is 0.625. The van der Waals surface area contributed by atoms with E-state index in [1.54, 1.807) is 0 Å². The molecule has 1 rings (SSSR count). The zero-order chi connectivity index (χ0) is 7.40. The number of nitrogens with one attached hydrogen (secondary N) is 1. The second-order valence-electron chi connectivity index (χ2n) is 2.71. The molecule has 1 heterocycles. The SMILES string of the molecule is C[C@H]1C/C=C\CCC(=O)N1. The summed E-state index contributed by atoms with van der Waals surface area (Å²) in [5.74, 6) is 0.178. The number of carbonyl (C=O) groups is 1. The number of rotatable bonds is 0. The maximum atomic E-state index is 10.9. The average molecular weight is 139 g/mol. The van der Waals surface area contributed by atoms with Gasteiger partial charge in [0.1, 0.15) is 0 Å². The van der Waals surface area contributed by atoms with Crippen LogP contribution in [0.4, 0.5) is 0 Å². The molecule has 1 atom stereocenters. The summed E-state index contributed by atoms with van der Waals surface area (Å²) in [5, 5.41) is 2.89. The molecule has 0 aromatic rings. The Morgan fingerprint density at radius 2 is 2.40 bits per heavy atom. The standard InChI is InChI=1S/C8H13NO/c1-7-5-3-2-4-6-8(10)9-7/h2-3,7H,4-6H2,1H3,(H,9,10)/b3-2-/t7-/m0/s1. The molecule has 0 saturated heterocycles. The molecule has 56 valence electrons. The van der Waals surface area contributed by atoms with Gasteiger partial charge in [-0.3, -0.25) is 4.79 Å². The lowest BCUT2D eigenvalue weighted by Crippen LogP contribution is -2.32. The highest BCUT2D eigenvalue weighted by molar-refractivity contribution is 5.76. The lowest BCUT2D eigenvalue weighted by Gasteiger charge is -2.13. The van der Waals surface area contributed by atoms with Crippen molar-refractivity contribution in [3.63, 3.8) is 0 Å². The second-order valence-corrected chi connectivity index (χ2v) is 2.71. The van der Waals surface area contributed by atoms with Crippen LogP contribution < -0.4 is 5.32 Å². The molecule has 0 radical (unpaired) electrons. The smallest absolute Gasteiger partial charge is 0.220 e. The van der Waals surface area contributed by atoms with Gasteiger partial charge in [0.05, 0.1) is 0 Å². The van der Waals surface area contributed by atoms with Crippen molar-refractivity contribution in [1.82, 2.24) is 5.32 Å². The molecular formula is C8H13NO. The molecule has 1 aliphatic heterocycles. The Bertz CT molecular complexity index is 151. The van der Waals surface area contributed by atoms with E-state index in [2.05, 4.69) is 17.5 Å². The lowest BCUT2D eigenvalue weighted by atomic mass is 10.1. The van der Waals surface area contributed by atoms with Crippen molar-refractivity contribution in [1.29, 1.82) is 0 Å². The predicted octanol–water partition coefficient (Wildman–Crippen LogP) is 1.23. The summed E-state index contributed by atoms with van der Waals surface area (Å²) in [7, 11) is 0. The highest BCUT2D eigenvalue weighted by Crippen LogP contribution is 2.01. The van der Waals surface area contributed by atoms with Crippen LogP contribution >= 0.6 is 0 Å². The maximum Gasteiger partial charge on any atom is 0.220 e. The van der Waals surface area contributed by atoms with Gasteiger partial charge in [-0.05, 0) is 19.8 Å². The van der Waals surface area contributed by atoms with Crippen molar-refractivity contribution in [3.05, 3.63) is 12.2 Å². The normalized spacial score (nSPS) is 30.1. The van der Waals surface area contributed by atoms with E-state index >= 15 is 0 Å². The third kappa shape index (κ3) is 2.21. The summed E-state index contributed by atoms with van der Waals surface area (Å²) in [6, 6.07) is 0.309. The minimum atomic E-state index is 0.178. The van der Waals surface area contributed by atoms with E-state index in [9.17, 15) is 4.79 Å². The van der Waals surface area contributed by atoms with E-state index in [0.29, 0.717) is 12.5 Å². The molecule has 0 bridgehead atoms. The van der Waals surface area contributed by atoms with Gasteiger partial charge in [-0.15, -0.1) is 0 Å². The van der Waals surface area contributed by atoms with E-state index in [0.717, 1.165) is 12.8 Å². The van der Waals surface area contributed by atoms with Crippen LogP contribution in [0, 0.1) is 0 Å². The number of allylic oxidation sites excluding steroid dienone is 1. The minimum absolute atomic E-state index is 0.178. The molecule has 1 N–H and O–H groups in total. The molecule has 1 amide bonds. The highest BCUT2D eigenvalue weighted by atomic mass is 16.1. The van der Waals surface area contributed by atoms with Crippen LogP contribution in [-0.4, -0.2) is 11.9 Å². The van der Waals surface area contributed by atoms with Gasteiger partial charge in [0.25, 0.3) is 0 Å². The summed E-state index contributed by atoms with van der Waals surface area (Å²) in [6.07, 6.45) is 6.70. The number of carbonyl (C=O) groups excluding carboxylic acids is 1. The van der Waals surface area contributed by atoms with Gasteiger partial charge in [-0.1, -0.05) is 12.2 Å². The van der Waals surface area contributed by atoms with E-state index in [-0.39, 0.29) is 5.91 Å². The van der Waals surface area contributed by atoms with Crippen molar-refractivity contribution < 1.29 is 4.79 Å². The highest BCUT2D eigenvalue weighted by Gasteiger charge is 2.06. The van der Waals surface area contributed by atoms with Crippen molar-refractivity contribution in [2.75, 3.05) is 0 Å². The minimum Gasteiger partial charge on any atom is -0.353 e. The quantitative estimate of drug-likeness (QED) is 0.502. The fourth-order valence-electron chi connectivity index (χ4n) is 1.04. The Kier molecular flexibility index (Phi) is 2.49. The van der Waals surface area contributed by atoms with Crippen LogP contribution in [0.15, 0.2) is 12.2 Å². The van der Waals surface area contributed by atoms with Gasteiger partial charge >= 0.3 is 0 Å². The van der Waals surface area contributed by atoms with Crippen LogP contribution in [0.3, 0.4) is 0 Å². The summed E-state index contributed by atoms with van der Waals surface area (Å²) in [5.41, 5.74) is 0. The average Bonchev–Trinajstić information content (AvgIpc) is 1.83. The van der Waals surface area contributed by atoms with Crippen molar-refractivity contribution in [3.8, 4) is 0 Å².